The van der Waals surface area contributed by atoms with Crippen LogP contribution in [0.3, 0.4) is 0 Å². The topological polar surface area (TPSA) is 77.7 Å². The molecule has 7 heteroatoms. The van der Waals surface area contributed by atoms with E-state index in [0.717, 1.165) is 48.0 Å². The lowest BCUT2D eigenvalue weighted by Crippen LogP contribution is -2.48. The molecule has 1 aliphatic heterocycles. The Morgan fingerprint density at radius 1 is 1.37 bits per heavy atom. The second-order valence-corrected chi connectivity index (χ2v) is 7.23. The van der Waals surface area contributed by atoms with Crippen LogP contribution in [-0.4, -0.2) is 67.6 Å². The molecule has 1 fully saturated rings. The number of nitrogens with one attached hydrogen (secondary N) is 2. The van der Waals surface area contributed by atoms with E-state index < -0.39 is 0 Å². The monoisotopic (exact) mass is 372 g/mol. The van der Waals surface area contributed by atoms with Gasteiger partial charge in [-0.1, -0.05) is 0 Å². The molecular weight excluding hydrogens is 344 g/mol. The number of likely N-dealkylation sites (tertiary alicyclic amines) is 1. The quantitative estimate of drug-likeness (QED) is 0.845. The Balaban J connectivity index is 1.54. The molecule has 3 amide bonds. The van der Waals surface area contributed by atoms with Crippen LogP contribution in [0.15, 0.2) is 24.4 Å². The van der Waals surface area contributed by atoms with Gasteiger partial charge in [0.25, 0.3) is 0 Å². The number of carbonyl (C=O) groups excluding carboxylic acids is 2. The van der Waals surface area contributed by atoms with Crippen molar-refractivity contribution in [2.24, 2.45) is 5.92 Å². The van der Waals surface area contributed by atoms with Gasteiger partial charge < -0.3 is 24.8 Å². The summed E-state index contributed by atoms with van der Waals surface area (Å²) in [7, 11) is 5.13. The highest BCUT2D eigenvalue weighted by atomic mass is 16.5. The van der Waals surface area contributed by atoms with Crippen LogP contribution in [0.1, 0.15) is 18.4 Å². The van der Waals surface area contributed by atoms with Crippen LogP contribution in [0.4, 0.5) is 4.79 Å². The molecule has 1 aromatic heterocycles. The number of carbonyl (C=O) groups is 2. The third kappa shape index (κ3) is 4.35. The Morgan fingerprint density at radius 3 is 2.93 bits per heavy atom. The van der Waals surface area contributed by atoms with Crippen LogP contribution in [0.5, 0.6) is 5.75 Å². The smallest absolute Gasteiger partial charge is 0.319 e. The van der Waals surface area contributed by atoms with Gasteiger partial charge in [-0.25, -0.2) is 4.79 Å². The third-order valence-electron chi connectivity index (χ3n) is 5.11. The number of fused-ring (bicyclic) bond motifs is 1. The fraction of sp³-hybridized carbons (Fsp3) is 0.500. The predicted octanol–water partition coefficient (Wildman–Crippen LogP) is 2.23. The number of aromatic nitrogens is 1. The Hall–Kier alpha value is -2.70. The first kappa shape index (κ1) is 19.1. The average Bonchev–Trinajstić information content (AvgIpc) is 3.09. The number of nitrogens with zero attached hydrogens (tertiary/aromatic N) is 2. The van der Waals surface area contributed by atoms with E-state index in [2.05, 4.69) is 10.3 Å². The normalized spacial score (nSPS) is 17.0. The van der Waals surface area contributed by atoms with Gasteiger partial charge in [0, 0.05) is 50.8 Å². The van der Waals surface area contributed by atoms with E-state index in [9.17, 15) is 9.59 Å². The molecule has 1 aliphatic rings. The SMILES string of the molecule is COc1ccc2[nH]cc(CCNC(=O)[C@H]3CCCN(C(=O)N(C)C)C3)c2c1. The molecule has 27 heavy (non-hydrogen) atoms. The van der Waals surface area contributed by atoms with Crippen LogP contribution in [-0.2, 0) is 11.2 Å². The van der Waals surface area contributed by atoms with E-state index in [1.807, 2.05) is 24.4 Å². The van der Waals surface area contributed by atoms with Gasteiger partial charge in [0.05, 0.1) is 13.0 Å². The zero-order valence-electron chi connectivity index (χ0n) is 16.2. The molecule has 0 bridgehead atoms. The summed E-state index contributed by atoms with van der Waals surface area (Å²) in [5.41, 5.74) is 2.21. The summed E-state index contributed by atoms with van der Waals surface area (Å²) >= 11 is 0. The largest absolute Gasteiger partial charge is 0.497 e. The maximum atomic E-state index is 12.5. The summed E-state index contributed by atoms with van der Waals surface area (Å²) in [6.07, 6.45) is 4.41. The number of aromatic amines is 1. The molecular formula is C20H28N4O3. The molecule has 1 atom stereocenters. The molecule has 146 valence electrons. The van der Waals surface area contributed by atoms with Crippen LogP contribution >= 0.6 is 0 Å². The summed E-state index contributed by atoms with van der Waals surface area (Å²) in [4.78, 5) is 31.2. The number of methoxy groups -OCH3 is 1. The number of urea groups is 1. The van der Waals surface area contributed by atoms with E-state index in [4.69, 9.17) is 4.74 Å². The standard InChI is InChI=1S/C20H28N4O3/c1-23(2)20(26)24-10-4-5-15(13-24)19(25)21-9-8-14-12-22-18-7-6-16(27-3)11-17(14)18/h6-7,11-12,15,22H,4-5,8-10,13H2,1-3H3,(H,21,25)/t15-/m0/s1. The summed E-state index contributed by atoms with van der Waals surface area (Å²) in [6, 6.07) is 5.90. The Bertz CT molecular complexity index is 815. The number of hydrogen-bond acceptors (Lipinski definition) is 3. The lowest BCUT2D eigenvalue weighted by atomic mass is 9.97. The van der Waals surface area contributed by atoms with Crippen LogP contribution in [0.25, 0.3) is 10.9 Å². The lowest BCUT2D eigenvalue weighted by Gasteiger charge is -2.33. The van der Waals surface area contributed by atoms with Crippen molar-refractivity contribution in [2.75, 3.05) is 40.8 Å². The van der Waals surface area contributed by atoms with E-state index >= 15 is 0 Å². The number of amides is 3. The van der Waals surface area contributed by atoms with Gasteiger partial charge in [-0.05, 0) is 43.0 Å². The molecule has 3 rings (SSSR count). The van der Waals surface area contributed by atoms with Crippen molar-refractivity contribution < 1.29 is 14.3 Å². The summed E-state index contributed by atoms with van der Waals surface area (Å²) in [5.74, 6) is 0.717. The van der Waals surface area contributed by atoms with Crippen molar-refractivity contribution in [1.82, 2.24) is 20.1 Å². The van der Waals surface area contributed by atoms with E-state index in [-0.39, 0.29) is 17.9 Å². The lowest BCUT2D eigenvalue weighted by molar-refractivity contribution is -0.126. The Labute approximate surface area is 159 Å². The second kappa shape index (κ2) is 8.33. The fourth-order valence-electron chi connectivity index (χ4n) is 3.60. The molecule has 0 unspecified atom stereocenters. The number of hydrogen-bond donors (Lipinski definition) is 2. The molecule has 2 heterocycles. The number of rotatable bonds is 5. The maximum Gasteiger partial charge on any atom is 0.319 e. The first-order valence-corrected chi connectivity index (χ1v) is 9.37. The van der Waals surface area contributed by atoms with E-state index in [1.54, 1.807) is 31.0 Å². The van der Waals surface area contributed by atoms with Gasteiger partial charge in [0.15, 0.2) is 0 Å². The Morgan fingerprint density at radius 2 is 2.19 bits per heavy atom. The molecule has 0 spiro atoms. The third-order valence-corrected chi connectivity index (χ3v) is 5.11. The molecule has 0 saturated carbocycles. The fourth-order valence-corrected chi connectivity index (χ4v) is 3.60. The molecule has 2 N–H and O–H groups in total. The zero-order valence-corrected chi connectivity index (χ0v) is 16.2. The highest BCUT2D eigenvalue weighted by Crippen LogP contribution is 2.24. The van der Waals surface area contributed by atoms with E-state index in [0.29, 0.717) is 13.1 Å². The summed E-state index contributed by atoms with van der Waals surface area (Å²) < 4.78 is 5.30. The predicted molar refractivity (Wildman–Crippen MR) is 105 cm³/mol. The average molecular weight is 372 g/mol. The van der Waals surface area contributed by atoms with Gasteiger partial charge in [0.2, 0.25) is 5.91 Å². The van der Waals surface area contributed by atoms with Crippen molar-refractivity contribution in [3.05, 3.63) is 30.0 Å². The molecule has 0 radical (unpaired) electrons. The van der Waals surface area contributed by atoms with Crippen molar-refractivity contribution in [3.8, 4) is 5.75 Å². The molecule has 7 nitrogen and oxygen atoms in total. The van der Waals surface area contributed by atoms with Crippen molar-refractivity contribution in [3.63, 3.8) is 0 Å². The Kier molecular flexibility index (Phi) is 5.88. The zero-order chi connectivity index (χ0) is 19.4. The minimum Gasteiger partial charge on any atom is -0.497 e. The van der Waals surface area contributed by atoms with Crippen LogP contribution in [0.2, 0.25) is 0 Å². The molecule has 1 aromatic carbocycles. The molecule has 0 aliphatic carbocycles. The first-order valence-electron chi connectivity index (χ1n) is 9.37. The van der Waals surface area contributed by atoms with Crippen LogP contribution in [0, 0.1) is 5.92 Å². The maximum absolute atomic E-state index is 12.5. The van der Waals surface area contributed by atoms with Crippen molar-refractivity contribution in [1.29, 1.82) is 0 Å². The summed E-state index contributed by atoms with van der Waals surface area (Å²) in [6.45, 7) is 1.78. The minimum atomic E-state index is -0.134. The van der Waals surface area contributed by atoms with Crippen LogP contribution < -0.4 is 10.1 Å². The van der Waals surface area contributed by atoms with Gasteiger partial charge in [0.1, 0.15) is 5.75 Å². The van der Waals surface area contributed by atoms with Gasteiger partial charge in [-0.2, -0.15) is 0 Å². The second-order valence-electron chi connectivity index (χ2n) is 7.23. The van der Waals surface area contributed by atoms with E-state index in [1.165, 1.54) is 0 Å². The molecule has 1 saturated heterocycles. The number of H-pyrrole nitrogens is 1. The van der Waals surface area contributed by atoms with Gasteiger partial charge >= 0.3 is 6.03 Å². The number of benzene rings is 1. The first-order chi connectivity index (χ1) is 13.0. The highest BCUT2D eigenvalue weighted by Gasteiger charge is 2.28. The highest BCUT2D eigenvalue weighted by molar-refractivity contribution is 5.85. The minimum absolute atomic E-state index is 0.0276. The van der Waals surface area contributed by atoms with Gasteiger partial charge in [-0.15, -0.1) is 0 Å². The summed E-state index contributed by atoms with van der Waals surface area (Å²) in [5, 5.41) is 4.15. The van der Waals surface area contributed by atoms with Crippen molar-refractivity contribution >= 4 is 22.8 Å². The van der Waals surface area contributed by atoms with Crippen molar-refractivity contribution in [2.45, 2.75) is 19.3 Å². The molecule has 2 aromatic rings. The van der Waals surface area contributed by atoms with Gasteiger partial charge in [-0.3, -0.25) is 4.79 Å². The number of ether oxygens (including phenoxy) is 1. The number of piperidine rings is 1.